The van der Waals surface area contributed by atoms with Crippen molar-refractivity contribution in [1.82, 2.24) is 9.55 Å². The molecule has 2 heterocycles. The van der Waals surface area contributed by atoms with Crippen molar-refractivity contribution < 1.29 is 10.2 Å². The number of phenols is 1. The van der Waals surface area contributed by atoms with Crippen LogP contribution in [0.5, 0.6) is 5.75 Å². The largest absolute Gasteiger partial charge is 0.508 e. The minimum Gasteiger partial charge on any atom is -0.508 e. The van der Waals surface area contributed by atoms with Crippen LogP contribution in [0, 0.1) is 0 Å². The highest BCUT2D eigenvalue weighted by atomic mass is 16.3. The molecule has 0 fully saturated rings. The third-order valence-corrected chi connectivity index (χ3v) is 3.42. The molecule has 3 rings (SSSR count). The Labute approximate surface area is 106 Å². The topological polar surface area (TPSA) is 58.3 Å². The van der Waals surface area contributed by atoms with E-state index in [1.54, 1.807) is 12.1 Å². The van der Waals surface area contributed by atoms with Crippen molar-refractivity contribution in [2.24, 2.45) is 0 Å². The predicted octanol–water partition coefficient (Wildman–Crippen LogP) is 1.49. The Hall–Kier alpha value is -1.81. The van der Waals surface area contributed by atoms with E-state index >= 15 is 0 Å². The van der Waals surface area contributed by atoms with Crippen LogP contribution in [0.3, 0.4) is 0 Å². The van der Waals surface area contributed by atoms with Crippen molar-refractivity contribution in [2.45, 2.75) is 31.9 Å². The molecular weight excluding hydrogens is 228 g/mol. The molecule has 2 N–H and O–H groups in total. The summed E-state index contributed by atoms with van der Waals surface area (Å²) in [6.45, 7) is 0.628. The molecule has 0 radical (unpaired) electrons. The highest BCUT2D eigenvalue weighted by molar-refractivity contribution is 5.29. The van der Waals surface area contributed by atoms with Crippen LogP contribution >= 0.6 is 0 Å². The first-order chi connectivity index (χ1) is 8.72. The molecule has 0 saturated carbocycles. The second-order valence-corrected chi connectivity index (χ2v) is 4.82. The molecule has 0 spiro atoms. The molecular formula is C14H16N2O2. The number of benzene rings is 1. The molecule has 1 aromatic heterocycles. The number of aromatic nitrogens is 2. The molecule has 4 nitrogen and oxygen atoms in total. The number of imidazole rings is 1. The fourth-order valence-electron chi connectivity index (χ4n) is 2.48. The molecule has 1 aliphatic rings. The van der Waals surface area contributed by atoms with Crippen LogP contribution in [0.1, 0.15) is 23.5 Å². The molecule has 2 aromatic rings. The van der Waals surface area contributed by atoms with E-state index in [-0.39, 0.29) is 11.9 Å². The summed E-state index contributed by atoms with van der Waals surface area (Å²) in [6.07, 6.45) is 4.01. The van der Waals surface area contributed by atoms with Crippen molar-refractivity contribution in [3.63, 3.8) is 0 Å². The maximum atomic E-state index is 9.72. The monoisotopic (exact) mass is 244 g/mol. The number of hydrogen-bond donors (Lipinski definition) is 2. The summed E-state index contributed by atoms with van der Waals surface area (Å²) in [5.74, 6) is 1.23. The van der Waals surface area contributed by atoms with E-state index in [9.17, 15) is 10.2 Å². The lowest BCUT2D eigenvalue weighted by atomic mass is 10.1. The number of phenolic OH excluding ortho intramolecular Hbond substituents is 1. The van der Waals surface area contributed by atoms with Gasteiger partial charge in [-0.2, -0.15) is 0 Å². The molecule has 4 heteroatoms. The van der Waals surface area contributed by atoms with Crippen molar-refractivity contribution in [2.75, 3.05) is 0 Å². The Morgan fingerprint density at radius 1 is 1.39 bits per heavy atom. The highest BCUT2D eigenvalue weighted by Crippen LogP contribution is 2.20. The van der Waals surface area contributed by atoms with Crippen LogP contribution in [-0.4, -0.2) is 25.9 Å². The van der Waals surface area contributed by atoms with Gasteiger partial charge in [0.15, 0.2) is 0 Å². The molecule has 0 bridgehead atoms. The van der Waals surface area contributed by atoms with Gasteiger partial charge in [0, 0.05) is 18.3 Å². The Morgan fingerprint density at radius 2 is 2.28 bits per heavy atom. The number of aromatic hydroxyl groups is 1. The summed E-state index contributed by atoms with van der Waals surface area (Å²) in [7, 11) is 0. The van der Waals surface area contributed by atoms with Gasteiger partial charge in [-0.25, -0.2) is 4.98 Å². The summed E-state index contributed by atoms with van der Waals surface area (Å²) in [4.78, 5) is 4.43. The minimum atomic E-state index is -0.269. The first kappa shape index (κ1) is 11.3. The number of rotatable bonds is 2. The Bertz CT molecular complexity index is 563. The molecule has 18 heavy (non-hydrogen) atoms. The van der Waals surface area contributed by atoms with Crippen LogP contribution in [0.25, 0.3) is 0 Å². The molecule has 1 aliphatic heterocycles. The van der Waals surface area contributed by atoms with Crippen LogP contribution in [0.4, 0.5) is 0 Å². The number of aryl methyl sites for hydroxylation is 1. The smallest absolute Gasteiger partial charge is 0.115 e. The van der Waals surface area contributed by atoms with Gasteiger partial charge in [0.1, 0.15) is 11.6 Å². The molecule has 94 valence electrons. The Balaban J connectivity index is 1.87. The molecule has 0 amide bonds. The number of nitrogens with zero attached hydrogens (tertiary/aromatic N) is 2. The van der Waals surface area contributed by atoms with Crippen LogP contribution in [0.2, 0.25) is 0 Å². The third-order valence-electron chi connectivity index (χ3n) is 3.42. The predicted molar refractivity (Wildman–Crippen MR) is 67.5 cm³/mol. The zero-order chi connectivity index (χ0) is 12.5. The van der Waals surface area contributed by atoms with Crippen LogP contribution < -0.4 is 0 Å². The zero-order valence-corrected chi connectivity index (χ0v) is 10.1. The standard InChI is InChI=1S/C14H16N2O2/c17-12-3-1-2-10(6-12)7-14-15-8-11-4-5-13(18)9-16(11)14/h1-3,6,8,13,17-18H,4-5,7,9H2. The fourth-order valence-corrected chi connectivity index (χ4v) is 2.48. The maximum absolute atomic E-state index is 9.72. The van der Waals surface area contributed by atoms with Gasteiger partial charge in [0.2, 0.25) is 0 Å². The average Bonchev–Trinajstić information content (AvgIpc) is 2.72. The summed E-state index contributed by atoms with van der Waals surface area (Å²) in [5.41, 5.74) is 2.22. The SMILES string of the molecule is Oc1cccc(Cc2ncc3n2CC(O)CC3)c1. The number of fused-ring (bicyclic) bond motifs is 1. The van der Waals surface area contributed by atoms with Gasteiger partial charge in [-0.1, -0.05) is 12.1 Å². The van der Waals surface area contributed by atoms with E-state index in [4.69, 9.17) is 0 Å². The molecule has 1 unspecified atom stereocenters. The van der Waals surface area contributed by atoms with Gasteiger partial charge in [-0.15, -0.1) is 0 Å². The van der Waals surface area contributed by atoms with Crippen molar-refractivity contribution in [3.05, 3.63) is 47.5 Å². The normalized spacial score (nSPS) is 18.6. The second-order valence-electron chi connectivity index (χ2n) is 4.82. The van der Waals surface area contributed by atoms with Crippen molar-refractivity contribution in [3.8, 4) is 5.75 Å². The first-order valence-corrected chi connectivity index (χ1v) is 6.21. The van der Waals surface area contributed by atoms with Gasteiger partial charge >= 0.3 is 0 Å². The number of hydrogen-bond acceptors (Lipinski definition) is 3. The quantitative estimate of drug-likeness (QED) is 0.841. The van der Waals surface area contributed by atoms with E-state index in [2.05, 4.69) is 9.55 Å². The zero-order valence-electron chi connectivity index (χ0n) is 10.1. The maximum Gasteiger partial charge on any atom is 0.115 e. The first-order valence-electron chi connectivity index (χ1n) is 6.21. The van der Waals surface area contributed by atoms with E-state index in [0.717, 1.165) is 24.2 Å². The van der Waals surface area contributed by atoms with Gasteiger partial charge in [0.25, 0.3) is 0 Å². The number of aliphatic hydroxyl groups excluding tert-OH is 1. The third kappa shape index (κ3) is 2.11. The molecule has 0 aliphatic carbocycles. The Morgan fingerprint density at radius 3 is 3.11 bits per heavy atom. The summed E-state index contributed by atoms with van der Waals surface area (Å²) >= 11 is 0. The van der Waals surface area contributed by atoms with Gasteiger partial charge in [-0.3, -0.25) is 0 Å². The lowest BCUT2D eigenvalue weighted by Crippen LogP contribution is -2.25. The van der Waals surface area contributed by atoms with Gasteiger partial charge < -0.3 is 14.8 Å². The Kier molecular flexibility index (Phi) is 2.80. The van der Waals surface area contributed by atoms with E-state index < -0.39 is 0 Å². The van der Waals surface area contributed by atoms with Crippen molar-refractivity contribution >= 4 is 0 Å². The minimum absolute atomic E-state index is 0.269. The number of aliphatic hydroxyl groups is 1. The van der Waals surface area contributed by atoms with E-state index in [1.165, 1.54) is 5.69 Å². The lowest BCUT2D eigenvalue weighted by Gasteiger charge is -2.21. The van der Waals surface area contributed by atoms with Crippen LogP contribution in [-0.2, 0) is 19.4 Å². The fraction of sp³-hybridized carbons (Fsp3) is 0.357. The molecule has 0 saturated heterocycles. The van der Waals surface area contributed by atoms with Gasteiger partial charge in [-0.05, 0) is 30.5 Å². The summed E-state index contributed by atoms with van der Waals surface area (Å²) in [6, 6.07) is 7.22. The average molecular weight is 244 g/mol. The van der Waals surface area contributed by atoms with Crippen LogP contribution in [0.15, 0.2) is 30.5 Å². The van der Waals surface area contributed by atoms with Crippen molar-refractivity contribution in [1.29, 1.82) is 0 Å². The summed E-state index contributed by atoms with van der Waals surface area (Å²) in [5, 5.41) is 19.2. The molecule has 1 atom stereocenters. The van der Waals surface area contributed by atoms with Gasteiger partial charge in [0.05, 0.1) is 12.6 Å². The van der Waals surface area contributed by atoms with E-state index in [1.807, 2.05) is 18.3 Å². The summed E-state index contributed by atoms with van der Waals surface area (Å²) < 4.78 is 2.10. The highest BCUT2D eigenvalue weighted by Gasteiger charge is 2.19. The second kappa shape index (κ2) is 4.46. The lowest BCUT2D eigenvalue weighted by molar-refractivity contribution is 0.130. The van der Waals surface area contributed by atoms with E-state index in [0.29, 0.717) is 13.0 Å². The molecule has 1 aromatic carbocycles.